The number of carbonyl (C=O) groups is 4. The van der Waals surface area contributed by atoms with Crippen LogP contribution in [0.2, 0.25) is 0 Å². The summed E-state index contributed by atoms with van der Waals surface area (Å²) < 4.78 is 7.11. The number of ether oxygens (including phenoxy) is 1. The van der Waals surface area contributed by atoms with Gasteiger partial charge >= 0.3 is 6.09 Å². The minimum absolute atomic E-state index is 0.0676. The van der Waals surface area contributed by atoms with Crippen molar-refractivity contribution in [2.75, 3.05) is 5.32 Å². The van der Waals surface area contributed by atoms with E-state index in [1.54, 1.807) is 50.6 Å². The summed E-state index contributed by atoms with van der Waals surface area (Å²) in [5.74, 6) is -0.346. The summed E-state index contributed by atoms with van der Waals surface area (Å²) in [5, 5.41) is 9.08. The molecule has 2 fully saturated rings. The maximum absolute atomic E-state index is 13.7. The Morgan fingerprint density at radius 3 is 2.25 bits per heavy atom. The lowest BCUT2D eigenvalue weighted by Gasteiger charge is -2.44. The molecule has 0 spiro atoms. The van der Waals surface area contributed by atoms with Gasteiger partial charge in [0.1, 0.15) is 17.7 Å². The van der Waals surface area contributed by atoms with Crippen LogP contribution in [0, 0.1) is 5.92 Å². The Balaban J connectivity index is 1.45. The molecule has 1 unspecified atom stereocenters. The summed E-state index contributed by atoms with van der Waals surface area (Å²) in [6.07, 6.45) is 9.47. The third kappa shape index (κ3) is 6.92. The van der Waals surface area contributed by atoms with E-state index in [-0.39, 0.29) is 17.7 Å². The van der Waals surface area contributed by atoms with Gasteiger partial charge in [0, 0.05) is 11.9 Å². The third-order valence-corrected chi connectivity index (χ3v) is 8.08. The summed E-state index contributed by atoms with van der Waals surface area (Å²) in [6, 6.07) is 9.72. The fourth-order valence-electron chi connectivity index (χ4n) is 5.73. The summed E-state index contributed by atoms with van der Waals surface area (Å²) in [7, 11) is 0. The van der Waals surface area contributed by atoms with Gasteiger partial charge in [0.15, 0.2) is 6.29 Å². The fourth-order valence-corrected chi connectivity index (χ4v) is 5.73. The molecule has 0 radical (unpaired) electrons. The number of aromatic nitrogens is 1. The minimum atomic E-state index is -0.655. The number of hydrogen-bond acceptors (Lipinski definition) is 5. The van der Waals surface area contributed by atoms with Crippen molar-refractivity contribution in [1.29, 1.82) is 0 Å². The first-order chi connectivity index (χ1) is 19.0. The van der Waals surface area contributed by atoms with Gasteiger partial charge in [-0.05, 0) is 95.5 Å². The number of carbonyl (C=O) groups excluding carboxylic acids is 4. The van der Waals surface area contributed by atoms with Crippen molar-refractivity contribution in [3.05, 3.63) is 53.9 Å². The zero-order chi connectivity index (χ0) is 28.9. The summed E-state index contributed by atoms with van der Waals surface area (Å²) in [6.45, 7) is 7.16. The molecule has 0 bridgehead atoms. The lowest BCUT2D eigenvalue weighted by atomic mass is 9.71. The Labute approximate surface area is 236 Å². The number of rotatable bonds is 9. The maximum Gasteiger partial charge on any atom is 0.408 e. The molecule has 3 amide bonds. The second-order valence-electron chi connectivity index (χ2n) is 12.1. The summed E-state index contributed by atoms with van der Waals surface area (Å²) in [4.78, 5) is 50.4. The van der Waals surface area contributed by atoms with Gasteiger partial charge in [0.25, 0.3) is 0 Å². The Hall–Kier alpha value is -3.62. The first kappa shape index (κ1) is 29.4. The SMILES string of the molecule is CC(C(=O)Nc1ccc(C2(NC(=O)[C@H](NC(=O)OC(C)(C)C)C3CCCCC3)CCC2)cc1)n1cccc1C=O. The van der Waals surface area contributed by atoms with Crippen LogP contribution in [0.15, 0.2) is 42.6 Å². The van der Waals surface area contributed by atoms with Gasteiger partial charge < -0.3 is 25.3 Å². The van der Waals surface area contributed by atoms with Crippen molar-refractivity contribution in [2.45, 2.75) is 102 Å². The molecular weight excluding hydrogens is 508 g/mol. The number of aldehydes is 1. The largest absolute Gasteiger partial charge is 0.444 e. The van der Waals surface area contributed by atoms with Crippen LogP contribution in [0.5, 0.6) is 0 Å². The molecule has 0 saturated heterocycles. The van der Waals surface area contributed by atoms with E-state index in [0.29, 0.717) is 11.4 Å². The van der Waals surface area contributed by atoms with Gasteiger partial charge in [-0.25, -0.2) is 4.79 Å². The molecule has 1 heterocycles. The molecule has 3 N–H and O–H groups in total. The van der Waals surface area contributed by atoms with Gasteiger partial charge in [0.2, 0.25) is 11.8 Å². The molecule has 216 valence electrons. The van der Waals surface area contributed by atoms with E-state index in [1.165, 1.54) is 0 Å². The molecule has 0 aliphatic heterocycles. The molecule has 2 saturated carbocycles. The van der Waals surface area contributed by atoms with Crippen molar-refractivity contribution in [3.8, 4) is 0 Å². The number of amides is 3. The summed E-state index contributed by atoms with van der Waals surface area (Å²) >= 11 is 0. The molecule has 9 nitrogen and oxygen atoms in total. The number of nitrogens with one attached hydrogen (secondary N) is 3. The predicted molar refractivity (Wildman–Crippen MR) is 153 cm³/mol. The van der Waals surface area contributed by atoms with E-state index in [4.69, 9.17) is 4.74 Å². The zero-order valence-electron chi connectivity index (χ0n) is 24.0. The maximum atomic E-state index is 13.7. The van der Waals surface area contributed by atoms with Crippen molar-refractivity contribution in [2.24, 2.45) is 5.92 Å². The molecule has 2 aliphatic carbocycles. The highest BCUT2D eigenvalue weighted by molar-refractivity contribution is 5.94. The fraction of sp³-hybridized carbons (Fsp3) is 0.548. The van der Waals surface area contributed by atoms with Gasteiger partial charge in [-0.2, -0.15) is 0 Å². The predicted octanol–water partition coefficient (Wildman–Crippen LogP) is 5.47. The third-order valence-electron chi connectivity index (χ3n) is 8.08. The standard InChI is InChI=1S/C31H42N4O5/c1-21(35-19-8-12-25(35)20-36)27(37)32-24-15-13-23(14-16-24)31(17-9-18-31)34-28(38)26(22-10-6-5-7-11-22)33-29(39)40-30(2,3)4/h8,12-16,19-22,26H,5-7,9-11,17-18H2,1-4H3,(H,32,37)(H,33,39)(H,34,38)/t21?,26-/m1/s1. The Bertz CT molecular complexity index is 1200. The van der Waals surface area contributed by atoms with Crippen LogP contribution < -0.4 is 16.0 Å². The quantitative estimate of drug-likeness (QED) is 0.358. The van der Waals surface area contributed by atoms with Crippen LogP contribution in [0.4, 0.5) is 10.5 Å². The molecule has 2 atom stereocenters. The van der Waals surface area contributed by atoms with Crippen LogP contribution in [0.25, 0.3) is 0 Å². The topological polar surface area (TPSA) is 119 Å². The van der Waals surface area contributed by atoms with Crippen LogP contribution in [-0.2, 0) is 19.9 Å². The highest BCUT2D eigenvalue weighted by atomic mass is 16.6. The number of anilines is 1. The highest BCUT2D eigenvalue weighted by Gasteiger charge is 2.43. The monoisotopic (exact) mass is 550 g/mol. The molecule has 4 rings (SSSR count). The zero-order valence-corrected chi connectivity index (χ0v) is 24.0. The average molecular weight is 551 g/mol. The van der Waals surface area contributed by atoms with E-state index in [1.807, 2.05) is 24.3 Å². The van der Waals surface area contributed by atoms with E-state index < -0.39 is 29.3 Å². The van der Waals surface area contributed by atoms with Crippen molar-refractivity contribution in [1.82, 2.24) is 15.2 Å². The van der Waals surface area contributed by atoms with Crippen LogP contribution >= 0.6 is 0 Å². The molecule has 1 aromatic carbocycles. The van der Waals surface area contributed by atoms with Gasteiger partial charge in [-0.1, -0.05) is 31.4 Å². The lowest BCUT2D eigenvalue weighted by Crippen LogP contribution is -2.59. The van der Waals surface area contributed by atoms with Gasteiger partial charge in [-0.15, -0.1) is 0 Å². The molecule has 2 aliphatic rings. The van der Waals surface area contributed by atoms with Crippen LogP contribution in [-0.4, -0.2) is 40.4 Å². The Morgan fingerprint density at radius 2 is 1.68 bits per heavy atom. The van der Waals surface area contributed by atoms with Crippen molar-refractivity contribution >= 4 is 29.9 Å². The smallest absolute Gasteiger partial charge is 0.408 e. The number of hydrogen-bond donors (Lipinski definition) is 3. The normalized spacial score (nSPS) is 18.5. The first-order valence-corrected chi connectivity index (χ1v) is 14.4. The van der Waals surface area contributed by atoms with Crippen LogP contribution in [0.3, 0.4) is 0 Å². The second-order valence-corrected chi connectivity index (χ2v) is 12.1. The van der Waals surface area contributed by atoms with E-state index in [0.717, 1.165) is 63.2 Å². The summed E-state index contributed by atoms with van der Waals surface area (Å²) in [5.41, 5.74) is 0.868. The van der Waals surface area contributed by atoms with E-state index in [9.17, 15) is 19.2 Å². The average Bonchev–Trinajstić information content (AvgIpc) is 3.38. The first-order valence-electron chi connectivity index (χ1n) is 14.4. The van der Waals surface area contributed by atoms with Crippen molar-refractivity contribution in [3.63, 3.8) is 0 Å². The van der Waals surface area contributed by atoms with Gasteiger partial charge in [-0.3, -0.25) is 14.4 Å². The molecule has 9 heteroatoms. The van der Waals surface area contributed by atoms with Crippen molar-refractivity contribution < 1.29 is 23.9 Å². The Morgan fingerprint density at radius 1 is 1.00 bits per heavy atom. The molecule has 2 aromatic rings. The van der Waals surface area contributed by atoms with E-state index >= 15 is 0 Å². The Kier molecular flexibility index (Phi) is 9.01. The number of benzene rings is 1. The van der Waals surface area contributed by atoms with Crippen LogP contribution in [0.1, 0.15) is 101 Å². The van der Waals surface area contributed by atoms with Gasteiger partial charge in [0.05, 0.1) is 11.2 Å². The molecular formula is C31H42N4O5. The van der Waals surface area contributed by atoms with E-state index in [2.05, 4.69) is 16.0 Å². The number of alkyl carbamates (subject to hydrolysis) is 1. The molecule has 40 heavy (non-hydrogen) atoms. The highest BCUT2D eigenvalue weighted by Crippen LogP contribution is 2.42. The lowest BCUT2D eigenvalue weighted by molar-refractivity contribution is -0.128. The second kappa shape index (κ2) is 12.3. The molecule has 1 aromatic heterocycles. The minimum Gasteiger partial charge on any atom is -0.444 e. The number of nitrogens with zero attached hydrogens (tertiary/aromatic N) is 1.